The molecule has 0 bridgehead atoms. The number of likely N-dealkylation sites (tertiary alicyclic amines) is 1. The zero-order valence-electron chi connectivity index (χ0n) is 13.3. The largest absolute Gasteiger partial charge is 0.479 e. The van der Waals surface area contributed by atoms with Gasteiger partial charge in [-0.3, -0.25) is 4.79 Å². The van der Waals surface area contributed by atoms with Crippen molar-refractivity contribution in [3.63, 3.8) is 0 Å². The molecule has 0 spiro atoms. The Bertz CT molecular complexity index is 487. The lowest BCUT2D eigenvalue weighted by molar-refractivity contribution is -0.127. The fourth-order valence-electron chi connectivity index (χ4n) is 2.68. The van der Waals surface area contributed by atoms with Crippen LogP contribution < -0.4 is 10.1 Å². The van der Waals surface area contributed by atoms with E-state index in [2.05, 4.69) is 17.3 Å². The van der Waals surface area contributed by atoms with Crippen molar-refractivity contribution in [2.45, 2.75) is 32.3 Å². The van der Waals surface area contributed by atoms with Crippen LogP contribution in [0.2, 0.25) is 5.02 Å². The Labute approximate surface area is 137 Å². The number of amides is 1. The first-order valence-corrected chi connectivity index (χ1v) is 8.31. The summed E-state index contributed by atoms with van der Waals surface area (Å²) < 4.78 is 5.61. The number of halogens is 1. The van der Waals surface area contributed by atoms with Crippen molar-refractivity contribution >= 4 is 17.5 Å². The van der Waals surface area contributed by atoms with Gasteiger partial charge in [0.15, 0.2) is 6.10 Å². The maximum atomic E-state index is 12.1. The average Bonchev–Trinajstić information content (AvgIpc) is 2.51. The van der Waals surface area contributed by atoms with Gasteiger partial charge in [-0.1, -0.05) is 23.7 Å². The van der Waals surface area contributed by atoms with E-state index in [-0.39, 0.29) is 5.91 Å². The molecule has 1 N–H and O–H groups in total. The highest BCUT2D eigenvalue weighted by Gasteiger charge is 2.18. The van der Waals surface area contributed by atoms with Crippen LogP contribution in [0.15, 0.2) is 24.3 Å². The van der Waals surface area contributed by atoms with Crippen molar-refractivity contribution in [1.29, 1.82) is 0 Å². The number of hydrogen-bond donors (Lipinski definition) is 1. The van der Waals surface area contributed by atoms with Gasteiger partial charge in [-0.25, -0.2) is 0 Å². The number of rotatable bonds is 6. The smallest absolute Gasteiger partial charge is 0.260 e. The van der Waals surface area contributed by atoms with Gasteiger partial charge in [0.1, 0.15) is 5.75 Å². The van der Waals surface area contributed by atoms with Gasteiger partial charge in [0.05, 0.1) is 5.02 Å². The highest BCUT2D eigenvalue weighted by Crippen LogP contribution is 2.24. The summed E-state index contributed by atoms with van der Waals surface area (Å²) in [5, 5.41) is 3.48. The minimum absolute atomic E-state index is 0.0900. The number of para-hydroxylation sites is 1. The Hall–Kier alpha value is -1.26. The van der Waals surface area contributed by atoms with Crippen molar-refractivity contribution in [3.05, 3.63) is 29.3 Å². The van der Waals surface area contributed by atoms with Crippen LogP contribution in [0.5, 0.6) is 5.75 Å². The van der Waals surface area contributed by atoms with Crippen molar-refractivity contribution in [2.75, 3.05) is 26.7 Å². The molecule has 1 fully saturated rings. The maximum absolute atomic E-state index is 12.1. The van der Waals surface area contributed by atoms with Gasteiger partial charge in [-0.05, 0) is 64.4 Å². The molecule has 0 radical (unpaired) electrons. The van der Waals surface area contributed by atoms with E-state index in [0.717, 1.165) is 25.4 Å². The molecule has 1 saturated heterocycles. The minimum Gasteiger partial charge on any atom is -0.479 e. The minimum atomic E-state index is -0.544. The Morgan fingerprint density at radius 2 is 2.09 bits per heavy atom. The molecule has 1 aliphatic rings. The summed E-state index contributed by atoms with van der Waals surface area (Å²) in [6.45, 7) is 4.77. The molecule has 1 aromatic carbocycles. The quantitative estimate of drug-likeness (QED) is 0.874. The Balaban J connectivity index is 1.69. The summed E-state index contributed by atoms with van der Waals surface area (Å²) in [5.41, 5.74) is 0. The van der Waals surface area contributed by atoms with Crippen LogP contribution in [0.1, 0.15) is 26.2 Å². The Morgan fingerprint density at radius 3 is 2.77 bits per heavy atom. The molecule has 22 heavy (non-hydrogen) atoms. The van der Waals surface area contributed by atoms with Gasteiger partial charge in [0.2, 0.25) is 0 Å². The number of nitrogens with one attached hydrogen (secondary N) is 1. The predicted octanol–water partition coefficient (Wildman–Crippen LogP) is 2.96. The van der Waals surface area contributed by atoms with Crippen molar-refractivity contribution in [2.24, 2.45) is 5.92 Å². The van der Waals surface area contributed by atoms with Crippen LogP contribution >= 0.6 is 11.6 Å². The number of hydrogen-bond acceptors (Lipinski definition) is 3. The molecule has 2 rings (SSSR count). The van der Waals surface area contributed by atoms with Crippen LogP contribution in [0.4, 0.5) is 0 Å². The summed E-state index contributed by atoms with van der Waals surface area (Å²) >= 11 is 6.03. The van der Waals surface area contributed by atoms with E-state index >= 15 is 0 Å². The van der Waals surface area contributed by atoms with E-state index in [4.69, 9.17) is 16.3 Å². The molecular formula is C17H25ClN2O2. The number of carbonyl (C=O) groups excluding carboxylic acids is 1. The van der Waals surface area contributed by atoms with Gasteiger partial charge < -0.3 is 15.0 Å². The first-order valence-electron chi connectivity index (χ1n) is 7.93. The third-order valence-corrected chi connectivity index (χ3v) is 4.51. The first kappa shape index (κ1) is 17.1. The van der Waals surface area contributed by atoms with Crippen LogP contribution in [0, 0.1) is 5.92 Å². The van der Waals surface area contributed by atoms with Crippen molar-refractivity contribution in [3.8, 4) is 5.75 Å². The first-order chi connectivity index (χ1) is 10.6. The van der Waals surface area contributed by atoms with E-state index in [1.54, 1.807) is 19.1 Å². The number of nitrogens with zero attached hydrogens (tertiary/aromatic N) is 1. The predicted molar refractivity (Wildman–Crippen MR) is 89.4 cm³/mol. The van der Waals surface area contributed by atoms with Gasteiger partial charge in [0, 0.05) is 6.54 Å². The highest BCUT2D eigenvalue weighted by atomic mass is 35.5. The number of piperidine rings is 1. The lowest BCUT2D eigenvalue weighted by Gasteiger charge is -2.29. The Morgan fingerprint density at radius 1 is 1.41 bits per heavy atom. The normalized spacial score (nSPS) is 18.0. The SMILES string of the molecule is C[C@@H](Oc1ccccc1Cl)C(=O)NCCC1CCN(C)CC1. The molecule has 0 aliphatic carbocycles. The molecule has 5 heteroatoms. The molecule has 1 heterocycles. The lowest BCUT2D eigenvalue weighted by atomic mass is 9.94. The van der Waals surface area contributed by atoms with Crippen molar-refractivity contribution < 1.29 is 9.53 Å². The zero-order valence-corrected chi connectivity index (χ0v) is 14.1. The highest BCUT2D eigenvalue weighted by molar-refractivity contribution is 6.32. The second-order valence-corrected chi connectivity index (χ2v) is 6.42. The van der Waals surface area contributed by atoms with E-state index < -0.39 is 6.10 Å². The van der Waals surface area contributed by atoms with Crippen LogP contribution in [-0.4, -0.2) is 43.6 Å². The summed E-state index contributed by atoms with van der Waals surface area (Å²) in [7, 11) is 2.16. The third-order valence-electron chi connectivity index (χ3n) is 4.20. The van der Waals surface area contributed by atoms with E-state index in [1.807, 2.05) is 12.1 Å². The second-order valence-electron chi connectivity index (χ2n) is 6.02. The monoisotopic (exact) mass is 324 g/mol. The molecule has 1 aliphatic heterocycles. The van der Waals surface area contributed by atoms with Crippen LogP contribution in [0.3, 0.4) is 0 Å². The summed E-state index contributed by atoms with van der Waals surface area (Å²) in [5.74, 6) is 1.17. The molecule has 1 atom stereocenters. The molecule has 0 aromatic heterocycles. The third kappa shape index (κ3) is 5.18. The number of benzene rings is 1. The maximum Gasteiger partial charge on any atom is 0.260 e. The molecule has 122 valence electrons. The lowest BCUT2D eigenvalue weighted by Crippen LogP contribution is -2.38. The van der Waals surface area contributed by atoms with E-state index in [1.165, 1.54) is 12.8 Å². The van der Waals surface area contributed by atoms with Gasteiger partial charge >= 0.3 is 0 Å². The topological polar surface area (TPSA) is 41.6 Å². The molecular weight excluding hydrogens is 300 g/mol. The summed E-state index contributed by atoms with van der Waals surface area (Å²) in [6, 6.07) is 7.19. The fraction of sp³-hybridized carbons (Fsp3) is 0.588. The molecule has 1 aromatic rings. The molecule has 1 amide bonds. The number of ether oxygens (including phenoxy) is 1. The Kier molecular flexibility index (Phi) is 6.52. The average molecular weight is 325 g/mol. The van der Waals surface area contributed by atoms with Gasteiger partial charge in [0.25, 0.3) is 5.91 Å². The number of carbonyl (C=O) groups is 1. The molecule has 0 unspecified atom stereocenters. The van der Waals surface area contributed by atoms with Crippen molar-refractivity contribution in [1.82, 2.24) is 10.2 Å². The standard InChI is InChI=1S/C17H25ClN2O2/c1-13(22-16-6-4-3-5-15(16)18)17(21)19-10-7-14-8-11-20(2)12-9-14/h3-6,13-14H,7-12H2,1-2H3,(H,19,21)/t13-/m1/s1. The summed E-state index contributed by atoms with van der Waals surface area (Å²) in [6.07, 6.45) is 2.94. The molecule has 0 saturated carbocycles. The molecule has 4 nitrogen and oxygen atoms in total. The van der Waals surface area contributed by atoms with Crippen LogP contribution in [-0.2, 0) is 4.79 Å². The fourth-order valence-corrected chi connectivity index (χ4v) is 2.86. The van der Waals surface area contributed by atoms with Gasteiger partial charge in [-0.2, -0.15) is 0 Å². The van der Waals surface area contributed by atoms with E-state index in [0.29, 0.717) is 17.3 Å². The van der Waals surface area contributed by atoms with E-state index in [9.17, 15) is 4.79 Å². The van der Waals surface area contributed by atoms with Gasteiger partial charge in [-0.15, -0.1) is 0 Å². The summed E-state index contributed by atoms with van der Waals surface area (Å²) in [4.78, 5) is 14.4. The van der Waals surface area contributed by atoms with Crippen LogP contribution in [0.25, 0.3) is 0 Å². The second kappa shape index (κ2) is 8.39. The zero-order chi connectivity index (χ0) is 15.9.